The Labute approximate surface area is 719 Å². The van der Waals surface area contributed by atoms with Gasteiger partial charge in [-0.3, -0.25) is 0 Å². The van der Waals surface area contributed by atoms with Gasteiger partial charge in [-0.1, -0.05) is 329 Å². The van der Waals surface area contributed by atoms with Crippen LogP contribution in [0.4, 0.5) is 0 Å². The topological polar surface area (TPSA) is 0 Å². The van der Waals surface area contributed by atoms with Crippen LogP contribution < -0.4 is 0 Å². The van der Waals surface area contributed by atoms with E-state index in [1.807, 2.05) is 0 Å². The molecule has 592 valence electrons. The molecule has 116 heavy (non-hydrogen) atoms. The molecule has 0 amide bonds. The first-order chi connectivity index (χ1) is 55.0. The average molecular weight is 1670 g/mol. The summed E-state index contributed by atoms with van der Waals surface area (Å²) in [6, 6.07) is 82.8. The van der Waals surface area contributed by atoms with E-state index in [-0.39, 0.29) is 14.9 Å². The van der Waals surface area contributed by atoms with E-state index < -0.39 is 37.0 Å². The quantitative estimate of drug-likeness (QED) is 0.0998. The molecule has 2 fully saturated rings. The number of halogens is 2. The standard InChI is InChI=1S/C44H52Si.C44H44Si.C21H20.2CH3.2ClH.Zr/c2*1-27-19-28(2)22-33(21-27)39-25-41-35-13-9-7-11-31(35)15-17-37(41)43(39)45(5,6)44-38-18-16-32-12-8-10-14-36(32)42(38)26-40(44)34-23-29(3)20-30(4)24-34;1-14-9-15(2)11-18(10-14)19-12-17-8-7-16-5-3-4-6-20(16)21(17)13-19;;;;;/h7-14,19-24,37-44H,15-18,25-26H2,1-6H3;7-14,19-26,43-44H,15-18H2,1-6H3;3-6,9-11,13H,7-8,12H2,1-2H3;2*1H3;2*1H;/q;;;2*-1;;;+4/p-2. The Bertz CT molecular complexity index is 5270. The summed E-state index contributed by atoms with van der Waals surface area (Å²) in [5, 5.41) is 0. The second-order valence-corrected chi connectivity index (χ2v) is 51.2. The first-order valence-electron chi connectivity index (χ1n) is 43.1. The average Bonchev–Trinajstić information content (AvgIpc) is 1.55. The number of aryl methyl sites for hydroxylation is 15. The van der Waals surface area contributed by atoms with Crippen LogP contribution in [0.5, 0.6) is 0 Å². The van der Waals surface area contributed by atoms with Crippen LogP contribution in [0.15, 0.2) is 247 Å². The summed E-state index contributed by atoms with van der Waals surface area (Å²) in [6.07, 6.45) is 23.8. The van der Waals surface area contributed by atoms with Gasteiger partial charge in [-0.05, 0) is 316 Å². The molecule has 0 nitrogen and oxygen atoms in total. The summed E-state index contributed by atoms with van der Waals surface area (Å²) < 4.78 is 0. The van der Waals surface area contributed by atoms with Crippen molar-refractivity contribution in [1.29, 1.82) is 0 Å². The first-order valence-corrected chi connectivity index (χ1v) is 55.7. The van der Waals surface area contributed by atoms with Gasteiger partial charge in [0.2, 0.25) is 0 Å². The first kappa shape index (κ1) is 83.6. The fourth-order valence-corrected chi connectivity index (χ4v) is 36.5. The molecule has 5 heteroatoms. The normalized spacial score (nSPS) is 22.8. The second-order valence-electron chi connectivity index (χ2n) is 37.7. The predicted octanol–water partition coefficient (Wildman–Crippen LogP) is 31.2. The molecule has 20 rings (SSSR count). The van der Waals surface area contributed by atoms with Crippen molar-refractivity contribution >= 4 is 66.6 Å². The molecule has 10 aliphatic carbocycles. The van der Waals surface area contributed by atoms with Crippen molar-refractivity contribution in [3.63, 3.8) is 0 Å². The molecule has 10 unspecified atom stereocenters. The Morgan fingerprint density at radius 1 is 0.319 bits per heavy atom. The van der Waals surface area contributed by atoms with E-state index in [4.69, 9.17) is 17.0 Å². The van der Waals surface area contributed by atoms with E-state index >= 15 is 0 Å². The Balaban J connectivity index is 0.000000141. The molecule has 10 aromatic rings. The predicted molar refractivity (Wildman–Crippen MR) is 504 cm³/mol. The molecule has 10 aromatic carbocycles. The number of benzene rings is 10. The molecule has 0 aromatic heterocycles. The number of rotatable bonds is 9. The summed E-state index contributed by atoms with van der Waals surface area (Å²) in [5.41, 5.74) is 53.9. The van der Waals surface area contributed by atoms with E-state index in [2.05, 4.69) is 326 Å². The van der Waals surface area contributed by atoms with Crippen LogP contribution in [0.25, 0.3) is 33.4 Å². The van der Waals surface area contributed by atoms with Crippen molar-refractivity contribution in [2.45, 2.75) is 225 Å². The number of allylic oxidation sites excluding steroid dienone is 12. The fraction of sp³-hybridized carbons (Fsp3) is 0.333. The van der Waals surface area contributed by atoms with E-state index in [9.17, 15) is 0 Å². The number of hydrogen-bond acceptors (Lipinski definition) is 0. The van der Waals surface area contributed by atoms with Gasteiger partial charge in [0.1, 0.15) is 0 Å². The molecule has 0 N–H and O–H groups in total. The van der Waals surface area contributed by atoms with Gasteiger partial charge in [-0.15, -0.1) is 0 Å². The van der Waals surface area contributed by atoms with Crippen LogP contribution in [-0.2, 0) is 53.0 Å². The second kappa shape index (κ2) is 34.3. The van der Waals surface area contributed by atoms with E-state index in [0.29, 0.717) is 34.8 Å². The van der Waals surface area contributed by atoms with Crippen LogP contribution in [0, 0.1) is 95.9 Å². The third-order valence-electron chi connectivity index (χ3n) is 29.2. The maximum absolute atomic E-state index is 4.93. The van der Waals surface area contributed by atoms with E-state index in [0.717, 1.165) is 42.2 Å². The molecular formula is C111H122Cl2Si2Zr. The van der Waals surface area contributed by atoms with Crippen LogP contribution in [0.3, 0.4) is 0 Å². The molecule has 0 spiro atoms. The minimum absolute atomic E-state index is 0. The molecule has 0 aliphatic heterocycles. The monoisotopic (exact) mass is 1670 g/mol. The molecule has 0 bridgehead atoms. The Kier molecular flexibility index (Phi) is 24.7. The van der Waals surface area contributed by atoms with Gasteiger partial charge < -0.3 is 14.9 Å². The van der Waals surface area contributed by atoms with Crippen molar-refractivity contribution in [3.8, 4) is 0 Å². The van der Waals surface area contributed by atoms with Crippen molar-refractivity contribution in [2.24, 2.45) is 11.8 Å². The van der Waals surface area contributed by atoms with Crippen molar-refractivity contribution < 1.29 is 20.8 Å². The zero-order valence-electron chi connectivity index (χ0n) is 72.2. The molecule has 10 atom stereocenters. The van der Waals surface area contributed by atoms with Gasteiger partial charge in [0, 0.05) is 11.1 Å². The van der Waals surface area contributed by atoms with Crippen LogP contribution in [0.1, 0.15) is 214 Å². The zero-order chi connectivity index (χ0) is 79.2. The van der Waals surface area contributed by atoms with Crippen molar-refractivity contribution in [2.75, 3.05) is 0 Å². The molecular weight excluding hydrogens is 1550 g/mol. The molecule has 10 aliphatic rings. The third-order valence-corrected chi connectivity index (χ3v) is 38.5. The SMILES string of the molecule is Cc1cc(C)cc(C2=CC3=C(CCc4ccccc43)C2)c1.Cc1cc(C)cc(C2=CC3=C(CCc4ccccc43)C2[Si](C)(C)C2C(c3cc(C)cc(C)c3)=CC3=C2CCc2ccccc23)c1.Cc1cc(C)cc(C2CC3c4ccccc4CCC3C2[Si](C)(C)C2C(c3cc(C)cc(C)c3)CC3c4ccccc4CCC32)c1.[CH3-].[CH3-].[Cl][Zr+2][Cl]. The van der Waals surface area contributed by atoms with E-state index in [1.165, 1.54) is 192 Å². The summed E-state index contributed by atoms with van der Waals surface area (Å²) in [5.74, 6) is 4.37. The minimum atomic E-state index is -2.11. The number of hydrogen-bond donors (Lipinski definition) is 0. The Hall–Kier alpha value is -7.46. The maximum atomic E-state index is 4.93. The summed E-state index contributed by atoms with van der Waals surface area (Å²) >= 11 is -0.826. The van der Waals surface area contributed by atoms with Gasteiger partial charge >= 0.3 is 37.9 Å². The Morgan fingerprint density at radius 3 is 1.02 bits per heavy atom. The van der Waals surface area contributed by atoms with Gasteiger partial charge in [0.05, 0.1) is 16.1 Å². The van der Waals surface area contributed by atoms with Crippen LogP contribution in [0.2, 0.25) is 48.4 Å². The molecule has 2 saturated carbocycles. The third kappa shape index (κ3) is 16.0. The summed E-state index contributed by atoms with van der Waals surface area (Å²) in [6.45, 7) is 34.0. The molecule has 0 radical (unpaired) electrons. The number of fused-ring (bicyclic) bond motifs is 12. The van der Waals surface area contributed by atoms with Gasteiger partial charge in [0.15, 0.2) is 0 Å². The zero-order valence-corrected chi connectivity index (χ0v) is 78.1. The fourth-order valence-electron chi connectivity index (χ4n) is 25.5. The van der Waals surface area contributed by atoms with E-state index in [1.54, 1.807) is 61.2 Å². The van der Waals surface area contributed by atoms with Gasteiger partial charge in [-0.25, -0.2) is 0 Å². The molecule has 0 heterocycles. The Morgan fingerprint density at radius 2 is 0.638 bits per heavy atom. The van der Waals surface area contributed by atoms with Crippen LogP contribution >= 0.6 is 17.0 Å². The van der Waals surface area contributed by atoms with Gasteiger partial charge in [-0.2, -0.15) is 0 Å². The van der Waals surface area contributed by atoms with Crippen LogP contribution in [-0.4, -0.2) is 16.1 Å². The van der Waals surface area contributed by atoms with Crippen molar-refractivity contribution in [3.05, 3.63) is 401 Å². The molecule has 0 saturated heterocycles. The summed E-state index contributed by atoms with van der Waals surface area (Å²) in [4.78, 5) is 0. The van der Waals surface area contributed by atoms with Crippen molar-refractivity contribution in [1.82, 2.24) is 0 Å². The van der Waals surface area contributed by atoms with Gasteiger partial charge in [0.25, 0.3) is 0 Å². The summed E-state index contributed by atoms with van der Waals surface area (Å²) in [7, 11) is 5.90.